The third-order valence-electron chi connectivity index (χ3n) is 6.37. The summed E-state index contributed by atoms with van der Waals surface area (Å²) in [4.78, 5) is 32.8. The van der Waals surface area contributed by atoms with E-state index in [0.29, 0.717) is 42.4 Å². The van der Waals surface area contributed by atoms with Gasteiger partial charge in [-0.3, -0.25) is 14.6 Å². The van der Waals surface area contributed by atoms with Crippen molar-refractivity contribution in [3.05, 3.63) is 84.1 Å². The fourth-order valence-corrected chi connectivity index (χ4v) is 4.25. The fraction of sp³-hybridized carbons (Fsp3) is 0.323. The van der Waals surface area contributed by atoms with Crippen molar-refractivity contribution in [3.63, 3.8) is 0 Å². The molecule has 0 saturated carbocycles. The molecule has 0 radical (unpaired) electrons. The van der Waals surface area contributed by atoms with Gasteiger partial charge in [0.05, 0.1) is 12.6 Å². The summed E-state index contributed by atoms with van der Waals surface area (Å²) >= 11 is 0. The Hall–Kier alpha value is -4.33. The number of carbonyl (C=O) groups is 2. The number of benzene rings is 2. The van der Waals surface area contributed by atoms with Gasteiger partial charge in [0.25, 0.3) is 5.89 Å². The fourth-order valence-electron chi connectivity index (χ4n) is 4.25. The highest BCUT2D eigenvalue weighted by atomic mass is 16.5. The first-order valence-electron chi connectivity index (χ1n) is 13.5. The van der Waals surface area contributed by atoms with Crippen LogP contribution < -0.4 is 5.32 Å². The number of nitrogens with zero attached hydrogens (tertiary/aromatic N) is 3. The summed E-state index contributed by atoms with van der Waals surface area (Å²) in [5, 5.41) is 7.74. The molecule has 8 heteroatoms. The minimum absolute atomic E-state index is 0.0247. The average molecular weight is 527 g/mol. The molecule has 8 nitrogen and oxygen atoms in total. The first-order chi connectivity index (χ1) is 19.1. The molecule has 39 heavy (non-hydrogen) atoms. The van der Waals surface area contributed by atoms with Crippen molar-refractivity contribution in [3.8, 4) is 23.0 Å². The number of pyridine rings is 1. The maximum absolute atomic E-state index is 12.5. The van der Waals surface area contributed by atoms with Crippen LogP contribution in [-0.4, -0.2) is 33.5 Å². The number of ketones is 1. The van der Waals surface area contributed by atoms with Crippen molar-refractivity contribution in [2.75, 3.05) is 11.9 Å². The van der Waals surface area contributed by atoms with Crippen LogP contribution in [0.1, 0.15) is 74.3 Å². The molecule has 202 valence electrons. The molecule has 1 atom stereocenters. The van der Waals surface area contributed by atoms with Crippen LogP contribution in [0.4, 0.5) is 5.69 Å². The summed E-state index contributed by atoms with van der Waals surface area (Å²) in [5.74, 6) is 0.667. The second-order valence-electron chi connectivity index (χ2n) is 9.26. The zero-order chi connectivity index (χ0) is 27.5. The summed E-state index contributed by atoms with van der Waals surface area (Å²) in [5.41, 5.74) is 4.25. The maximum atomic E-state index is 12.5. The van der Waals surface area contributed by atoms with Gasteiger partial charge in [0, 0.05) is 35.9 Å². The third-order valence-corrected chi connectivity index (χ3v) is 6.37. The first-order valence-corrected chi connectivity index (χ1v) is 13.5. The predicted molar refractivity (Wildman–Crippen MR) is 150 cm³/mol. The number of esters is 1. The second kappa shape index (κ2) is 14.0. The minimum Gasteiger partial charge on any atom is -0.466 e. The number of carbonyl (C=O) groups excluding carboxylic acids is 2. The zero-order valence-corrected chi connectivity index (χ0v) is 22.4. The Kier molecular flexibility index (Phi) is 9.94. The van der Waals surface area contributed by atoms with Crippen molar-refractivity contribution >= 4 is 17.4 Å². The van der Waals surface area contributed by atoms with Gasteiger partial charge >= 0.3 is 5.97 Å². The summed E-state index contributed by atoms with van der Waals surface area (Å²) in [7, 11) is 0. The molecule has 0 aliphatic heterocycles. The molecule has 0 amide bonds. The van der Waals surface area contributed by atoms with Crippen LogP contribution in [-0.2, 0) is 9.53 Å². The Morgan fingerprint density at radius 3 is 2.44 bits per heavy atom. The Labute approximate surface area is 228 Å². The number of hydrogen-bond donors (Lipinski definition) is 1. The molecule has 4 aromatic rings. The van der Waals surface area contributed by atoms with E-state index < -0.39 is 0 Å². The normalized spacial score (nSPS) is 11.6. The second-order valence-corrected chi connectivity index (χ2v) is 9.26. The lowest BCUT2D eigenvalue weighted by Gasteiger charge is -2.21. The zero-order valence-electron chi connectivity index (χ0n) is 22.4. The lowest BCUT2D eigenvalue weighted by molar-refractivity contribution is -0.143. The van der Waals surface area contributed by atoms with Crippen molar-refractivity contribution in [2.45, 2.75) is 58.4 Å². The highest BCUT2D eigenvalue weighted by Gasteiger charge is 2.15. The van der Waals surface area contributed by atoms with Crippen LogP contribution in [0, 0.1) is 0 Å². The van der Waals surface area contributed by atoms with Crippen LogP contribution in [0.25, 0.3) is 23.0 Å². The van der Waals surface area contributed by atoms with Gasteiger partial charge in [0.1, 0.15) is 5.69 Å². The molecule has 0 bridgehead atoms. The molecule has 0 spiro atoms. The summed E-state index contributed by atoms with van der Waals surface area (Å²) in [6.07, 6.45) is 5.90. The minimum atomic E-state index is -0.262. The molecule has 0 fully saturated rings. The van der Waals surface area contributed by atoms with Gasteiger partial charge < -0.3 is 14.6 Å². The van der Waals surface area contributed by atoms with Crippen molar-refractivity contribution in [1.29, 1.82) is 0 Å². The SMILES string of the molecule is CCCC[C@H](Nc1ccc(C(=O)CCCC(=O)OCC)cc1)c1ccc(-c2noc(-c3ccccn3)n2)cc1. The lowest BCUT2D eigenvalue weighted by atomic mass is 9.99. The van der Waals surface area contributed by atoms with E-state index in [2.05, 4.69) is 39.5 Å². The molecular formula is C31H34N4O4. The maximum Gasteiger partial charge on any atom is 0.305 e. The van der Waals surface area contributed by atoms with E-state index in [1.54, 1.807) is 13.1 Å². The predicted octanol–water partition coefficient (Wildman–Crippen LogP) is 7.06. The van der Waals surface area contributed by atoms with Gasteiger partial charge in [0.2, 0.25) is 5.82 Å². The van der Waals surface area contributed by atoms with E-state index in [-0.39, 0.29) is 24.2 Å². The largest absolute Gasteiger partial charge is 0.466 e. The van der Waals surface area contributed by atoms with Gasteiger partial charge in [-0.05, 0) is 61.7 Å². The first kappa shape index (κ1) is 27.7. The van der Waals surface area contributed by atoms with Crippen LogP contribution in [0.2, 0.25) is 0 Å². The number of unbranched alkanes of at least 4 members (excludes halogenated alkanes) is 1. The van der Waals surface area contributed by atoms with Gasteiger partial charge in [-0.25, -0.2) is 0 Å². The monoisotopic (exact) mass is 526 g/mol. The number of anilines is 1. The number of rotatable bonds is 14. The molecule has 4 rings (SSSR count). The van der Waals surface area contributed by atoms with E-state index in [1.807, 2.05) is 54.6 Å². The smallest absolute Gasteiger partial charge is 0.305 e. The molecule has 2 aromatic carbocycles. The van der Waals surface area contributed by atoms with Gasteiger partial charge in [-0.1, -0.05) is 55.3 Å². The Bertz CT molecular complexity index is 1340. The van der Waals surface area contributed by atoms with Gasteiger partial charge in [-0.2, -0.15) is 4.98 Å². The molecule has 0 aliphatic rings. The summed E-state index contributed by atoms with van der Waals surface area (Å²) in [6, 6.07) is 21.4. The lowest BCUT2D eigenvalue weighted by Crippen LogP contribution is -2.11. The highest BCUT2D eigenvalue weighted by molar-refractivity contribution is 5.96. The Morgan fingerprint density at radius 2 is 1.74 bits per heavy atom. The topological polar surface area (TPSA) is 107 Å². The molecule has 2 aromatic heterocycles. The average Bonchev–Trinajstić information content (AvgIpc) is 3.47. The number of Topliss-reactive ketones (excluding diaryl/α,β-unsaturated/α-hetero) is 1. The van der Waals surface area contributed by atoms with Crippen molar-refractivity contribution in [1.82, 2.24) is 15.1 Å². The van der Waals surface area contributed by atoms with Crippen molar-refractivity contribution in [2.24, 2.45) is 0 Å². The molecule has 0 unspecified atom stereocenters. The quantitative estimate of drug-likeness (QED) is 0.137. The third kappa shape index (κ3) is 7.83. The highest BCUT2D eigenvalue weighted by Crippen LogP contribution is 2.28. The molecule has 2 heterocycles. The molecule has 1 N–H and O–H groups in total. The van der Waals surface area contributed by atoms with Gasteiger partial charge in [-0.15, -0.1) is 0 Å². The number of hydrogen-bond acceptors (Lipinski definition) is 8. The van der Waals surface area contributed by atoms with Crippen molar-refractivity contribution < 1.29 is 18.8 Å². The Balaban J connectivity index is 1.39. The van der Waals surface area contributed by atoms with Crippen LogP contribution in [0.3, 0.4) is 0 Å². The van der Waals surface area contributed by atoms with E-state index in [9.17, 15) is 9.59 Å². The molecule has 0 aliphatic carbocycles. The number of aromatic nitrogens is 3. The summed E-state index contributed by atoms with van der Waals surface area (Å²) in [6.45, 7) is 4.31. The standard InChI is InChI=1S/C31H34N4O4/c1-3-5-9-26(33-25-19-17-23(18-20-25)28(36)11-8-12-29(37)38-4-2)22-13-15-24(16-14-22)30-34-31(39-35-30)27-10-6-7-21-32-27/h6-7,10,13-21,26,33H,3-5,8-9,11-12H2,1-2H3/t26-/m0/s1. The van der Waals surface area contributed by atoms with E-state index >= 15 is 0 Å². The summed E-state index contributed by atoms with van der Waals surface area (Å²) < 4.78 is 10.3. The van der Waals surface area contributed by atoms with Crippen LogP contribution >= 0.6 is 0 Å². The Morgan fingerprint density at radius 1 is 0.949 bits per heavy atom. The van der Waals surface area contributed by atoms with E-state index in [1.165, 1.54) is 0 Å². The van der Waals surface area contributed by atoms with Crippen LogP contribution in [0.15, 0.2) is 77.4 Å². The molecular weight excluding hydrogens is 492 g/mol. The molecule has 0 saturated heterocycles. The van der Waals surface area contributed by atoms with Crippen LogP contribution in [0.5, 0.6) is 0 Å². The van der Waals surface area contributed by atoms with Gasteiger partial charge in [0.15, 0.2) is 5.78 Å². The van der Waals surface area contributed by atoms with E-state index in [4.69, 9.17) is 9.26 Å². The van der Waals surface area contributed by atoms with E-state index in [0.717, 1.165) is 36.1 Å². The number of ether oxygens (including phenoxy) is 1. The number of nitrogens with one attached hydrogen (secondary N) is 1.